The molecule has 5 heteroatoms. The zero-order valence-corrected chi connectivity index (χ0v) is 16.2. The highest BCUT2D eigenvalue weighted by molar-refractivity contribution is 5.85. The van der Waals surface area contributed by atoms with Crippen molar-refractivity contribution in [3.8, 4) is 5.75 Å². The molecule has 0 heterocycles. The average molecular weight is 379 g/mol. The molecule has 3 aliphatic carbocycles. The third-order valence-electron chi connectivity index (χ3n) is 6.38. The summed E-state index contributed by atoms with van der Waals surface area (Å²) in [4.78, 5) is 12.7. The highest BCUT2D eigenvalue weighted by Gasteiger charge is 2.40. The molecule has 1 aromatic carbocycles. The third kappa shape index (κ3) is 4.52. The van der Waals surface area contributed by atoms with Gasteiger partial charge in [0.15, 0.2) is 0 Å². The van der Waals surface area contributed by atoms with Gasteiger partial charge in [-0.2, -0.15) is 0 Å². The molecular formula is C21H31ClN2O2. The molecule has 4 rings (SSSR count). The Balaban J connectivity index is 0.00000196. The molecule has 0 saturated heterocycles. The van der Waals surface area contributed by atoms with Gasteiger partial charge in [-0.3, -0.25) is 4.79 Å². The number of nitrogens with one attached hydrogen (secondary N) is 1. The van der Waals surface area contributed by atoms with Crippen molar-refractivity contribution >= 4 is 18.3 Å². The standard InChI is InChI=1S/C21H30N2O2.ClH/c22-20-15-5-3-6-16(20)11-18(10-15)21(24)23-12-17-4-1-2-7-19(17)25-13-14-8-9-14;/h1-2,4,7,14-16,18,20H,3,5-6,8-13,22H2,(H,23,24);1H. The van der Waals surface area contributed by atoms with E-state index >= 15 is 0 Å². The van der Waals surface area contributed by atoms with Gasteiger partial charge in [0.1, 0.15) is 5.75 Å². The number of amides is 1. The monoisotopic (exact) mass is 378 g/mol. The minimum absolute atomic E-state index is 0. The first kappa shape index (κ1) is 19.5. The zero-order valence-electron chi connectivity index (χ0n) is 15.4. The van der Waals surface area contributed by atoms with Crippen LogP contribution in [-0.4, -0.2) is 18.6 Å². The van der Waals surface area contributed by atoms with Crippen molar-refractivity contribution in [1.82, 2.24) is 5.32 Å². The second-order valence-corrected chi connectivity index (χ2v) is 8.28. The largest absolute Gasteiger partial charge is 0.493 e. The van der Waals surface area contributed by atoms with E-state index in [0.29, 0.717) is 24.4 Å². The van der Waals surface area contributed by atoms with Gasteiger partial charge in [0, 0.05) is 24.1 Å². The van der Waals surface area contributed by atoms with E-state index in [1.807, 2.05) is 24.3 Å². The number of carbonyl (C=O) groups excluding carboxylic acids is 1. The molecule has 0 spiro atoms. The molecule has 3 N–H and O–H groups in total. The molecule has 26 heavy (non-hydrogen) atoms. The quantitative estimate of drug-likeness (QED) is 0.793. The number of halogens is 1. The summed E-state index contributed by atoms with van der Waals surface area (Å²) in [6.07, 6.45) is 8.16. The molecule has 2 atom stereocenters. The lowest BCUT2D eigenvalue weighted by molar-refractivity contribution is -0.128. The van der Waals surface area contributed by atoms with E-state index in [4.69, 9.17) is 10.5 Å². The maximum atomic E-state index is 12.7. The fraction of sp³-hybridized carbons (Fsp3) is 0.667. The number of nitrogens with two attached hydrogens (primary N) is 1. The van der Waals surface area contributed by atoms with Crippen LogP contribution in [0, 0.1) is 23.7 Å². The molecule has 3 aliphatic rings. The Morgan fingerprint density at radius 1 is 1.12 bits per heavy atom. The first-order valence-electron chi connectivity index (χ1n) is 9.94. The minimum atomic E-state index is 0. The normalized spacial score (nSPS) is 30.2. The van der Waals surface area contributed by atoms with Crippen LogP contribution in [0.3, 0.4) is 0 Å². The predicted molar refractivity (Wildman–Crippen MR) is 105 cm³/mol. The number of benzene rings is 1. The van der Waals surface area contributed by atoms with E-state index in [2.05, 4.69) is 5.32 Å². The van der Waals surface area contributed by atoms with Crippen LogP contribution in [0.25, 0.3) is 0 Å². The summed E-state index contributed by atoms with van der Waals surface area (Å²) in [5.74, 6) is 3.05. The van der Waals surface area contributed by atoms with Crippen LogP contribution in [0.15, 0.2) is 24.3 Å². The van der Waals surface area contributed by atoms with E-state index in [9.17, 15) is 4.79 Å². The number of carbonyl (C=O) groups is 1. The Hall–Kier alpha value is -1.26. The molecular weight excluding hydrogens is 348 g/mol. The topological polar surface area (TPSA) is 64.4 Å². The lowest BCUT2D eigenvalue weighted by Gasteiger charge is -2.43. The van der Waals surface area contributed by atoms with Crippen molar-refractivity contribution in [1.29, 1.82) is 0 Å². The fourth-order valence-electron chi connectivity index (χ4n) is 4.61. The third-order valence-corrected chi connectivity index (χ3v) is 6.38. The molecule has 2 bridgehead atoms. The van der Waals surface area contributed by atoms with E-state index in [-0.39, 0.29) is 24.2 Å². The number of hydrogen-bond acceptors (Lipinski definition) is 3. The summed E-state index contributed by atoms with van der Waals surface area (Å²) in [5.41, 5.74) is 7.42. The van der Waals surface area contributed by atoms with E-state index < -0.39 is 0 Å². The van der Waals surface area contributed by atoms with Gasteiger partial charge in [-0.1, -0.05) is 24.6 Å². The highest BCUT2D eigenvalue weighted by atomic mass is 35.5. The van der Waals surface area contributed by atoms with Crippen LogP contribution in [0.5, 0.6) is 5.75 Å². The Bertz CT molecular complexity index is 606. The SMILES string of the molecule is Cl.NC1C2CCCC1CC(C(=O)NCc1ccccc1OCC1CC1)C2. The van der Waals surface area contributed by atoms with Crippen molar-refractivity contribution in [3.05, 3.63) is 29.8 Å². The average Bonchev–Trinajstić information content (AvgIpc) is 3.42. The van der Waals surface area contributed by atoms with Gasteiger partial charge in [0.2, 0.25) is 5.91 Å². The van der Waals surface area contributed by atoms with Crippen molar-refractivity contribution in [2.45, 2.75) is 57.5 Å². The summed E-state index contributed by atoms with van der Waals surface area (Å²) in [7, 11) is 0. The van der Waals surface area contributed by atoms with Crippen LogP contribution in [0.2, 0.25) is 0 Å². The zero-order chi connectivity index (χ0) is 17.2. The van der Waals surface area contributed by atoms with Gasteiger partial charge in [0.25, 0.3) is 0 Å². The predicted octanol–water partition coefficient (Wildman–Crippen LogP) is 3.67. The van der Waals surface area contributed by atoms with Crippen LogP contribution in [0.4, 0.5) is 0 Å². The summed E-state index contributed by atoms with van der Waals surface area (Å²) < 4.78 is 5.95. The van der Waals surface area contributed by atoms with Gasteiger partial charge in [-0.25, -0.2) is 0 Å². The molecule has 0 aliphatic heterocycles. The van der Waals surface area contributed by atoms with E-state index in [0.717, 1.165) is 36.7 Å². The molecule has 4 nitrogen and oxygen atoms in total. The van der Waals surface area contributed by atoms with E-state index in [1.54, 1.807) is 0 Å². The fourth-order valence-corrected chi connectivity index (χ4v) is 4.61. The number of fused-ring (bicyclic) bond motifs is 2. The maximum absolute atomic E-state index is 12.7. The molecule has 0 aromatic heterocycles. The Morgan fingerprint density at radius 2 is 1.81 bits per heavy atom. The lowest BCUT2D eigenvalue weighted by atomic mass is 9.65. The molecule has 3 saturated carbocycles. The molecule has 3 fully saturated rings. The minimum Gasteiger partial charge on any atom is -0.493 e. The van der Waals surface area contributed by atoms with Crippen molar-refractivity contribution in [2.24, 2.45) is 29.4 Å². The van der Waals surface area contributed by atoms with Crippen LogP contribution < -0.4 is 15.8 Å². The maximum Gasteiger partial charge on any atom is 0.223 e. The van der Waals surface area contributed by atoms with Crippen molar-refractivity contribution in [3.63, 3.8) is 0 Å². The Morgan fingerprint density at radius 3 is 2.50 bits per heavy atom. The molecule has 144 valence electrons. The van der Waals surface area contributed by atoms with Gasteiger partial charge < -0.3 is 15.8 Å². The number of rotatable bonds is 6. The number of ether oxygens (including phenoxy) is 1. The Labute approximate surface area is 162 Å². The van der Waals surface area contributed by atoms with Crippen molar-refractivity contribution in [2.75, 3.05) is 6.61 Å². The summed E-state index contributed by atoms with van der Waals surface area (Å²) in [6.45, 7) is 1.35. The van der Waals surface area contributed by atoms with Crippen LogP contribution in [0.1, 0.15) is 50.5 Å². The molecule has 1 amide bonds. The Kier molecular flexibility index (Phi) is 6.46. The van der Waals surface area contributed by atoms with Gasteiger partial charge in [-0.15, -0.1) is 12.4 Å². The second kappa shape index (κ2) is 8.62. The smallest absolute Gasteiger partial charge is 0.223 e. The first-order valence-corrected chi connectivity index (χ1v) is 9.94. The molecule has 0 radical (unpaired) electrons. The summed E-state index contributed by atoms with van der Waals surface area (Å²) >= 11 is 0. The lowest BCUT2D eigenvalue weighted by Crippen LogP contribution is -2.49. The van der Waals surface area contributed by atoms with Crippen molar-refractivity contribution < 1.29 is 9.53 Å². The highest BCUT2D eigenvalue weighted by Crippen LogP contribution is 2.42. The number of hydrogen-bond donors (Lipinski definition) is 2. The van der Waals surface area contributed by atoms with E-state index in [1.165, 1.54) is 32.1 Å². The summed E-state index contributed by atoms with van der Waals surface area (Å²) in [5, 5.41) is 3.16. The molecule has 2 unspecified atom stereocenters. The first-order chi connectivity index (χ1) is 12.2. The van der Waals surface area contributed by atoms with Crippen LogP contribution >= 0.6 is 12.4 Å². The van der Waals surface area contributed by atoms with Gasteiger partial charge in [0.05, 0.1) is 6.61 Å². The number of para-hydroxylation sites is 1. The summed E-state index contributed by atoms with van der Waals surface area (Å²) in [6, 6.07) is 8.38. The molecule has 1 aromatic rings. The van der Waals surface area contributed by atoms with Gasteiger partial charge in [-0.05, 0) is 62.3 Å². The van der Waals surface area contributed by atoms with Gasteiger partial charge >= 0.3 is 0 Å². The second-order valence-electron chi connectivity index (χ2n) is 8.28. The van der Waals surface area contributed by atoms with Crippen LogP contribution in [-0.2, 0) is 11.3 Å².